The van der Waals surface area contributed by atoms with Crippen LogP contribution in [-0.2, 0) is 13.2 Å². The van der Waals surface area contributed by atoms with Gasteiger partial charge in [-0.2, -0.15) is 0 Å². The zero-order chi connectivity index (χ0) is 14.4. The van der Waals surface area contributed by atoms with Gasteiger partial charge in [-0.1, -0.05) is 0 Å². The molecule has 0 saturated carbocycles. The molecule has 5 nitrogen and oxygen atoms in total. The van der Waals surface area contributed by atoms with Gasteiger partial charge in [0.15, 0.2) is 0 Å². The molecule has 0 atom stereocenters. The van der Waals surface area contributed by atoms with E-state index in [-0.39, 0.29) is 12.4 Å². The Bertz CT molecular complexity index is 408. The SMILES string of the molecule is Cc1ncc(CO)c(CNCCN(C)C(C)C)c1O. The van der Waals surface area contributed by atoms with Crippen molar-refractivity contribution in [1.82, 2.24) is 15.2 Å². The monoisotopic (exact) mass is 267 g/mol. The lowest BCUT2D eigenvalue weighted by Gasteiger charge is -2.21. The van der Waals surface area contributed by atoms with Gasteiger partial charge in [-0.25, -0.2) is 0 Å². The number of hydrogen-bond donors (Lipinski definition) is 3. The largest absolute Gasteiger partial charge is 0.506 e. The maximum absolute atomic E-state index is 9.98. The third-order valence-corrected chi connectivity index (χ3v) is 3.43. The Kier molecular flexibility index (Phi) is 6.21. The minimum Gasteiger partial charge on any atom is -0.506 e. The van der Waals surface area contributed by atoms with Crippen molar-refractivity contribution >= 4 is 0 Å². The van der Waals surface area contributed by atoms with E-state index in [0.29, 0.717) is 23.8 Å². The number of nitrogens with one attached hydrogen (secondary N) is 1. The van der Waals surface area contributed by atoms with Crippen LogP contribution in [0, 0.1) is 6.92 Å². The lowest BCUT2D eigenvalue weighted by Crippen LogP contribution is -2.33. The van der Waals surface area contributed by atoms with Gasteiger partial charge in [0.1, 0.15) is 5.75 Å². The van der Waals surface area contributed by atoms with Gasteiger partial charge in [0.05, 0.1) is 12.3 Å². The first kappa shape index (κ1) is 15.9. The standard InChI is InChI=1S/C14H25N3O2/c1-10(2)17(4)6-5-15-8-13-12(9-18)7-16-11(3)14(13)19/h7,10,15,18-19H,5-6,8-9H2,1-4H3. The molecule has 1 aromatic heterocycles. The highest BCUT2D eigenvalue weighted by Crippen LogP contribution is 2.23. The van der Waals surface area contributed by atoms with E-state index in [1.807, 2.05) is 0 Å². The second kappa shape index (κ2) is 7.43. The molecule has 0 bridgehead atoms. The van der Waals surface area contributed by atoms with E-state index in [2.05, 4.69) is 36.1 Å². The molecule has 1 aromatic rings. The maximum Gasteiger partial charge on any atom is 0.141 e. The van der Waals surface area contributed by atoms with Gasteiger partial charge in [0.2, 0.25) is 0 Å². The van der Waals surface area contributed by atoms with Crippen LogP contribution in [0.2, 0.25) is 0 Å². The summed E-state index contributed by atoms with van der Waals surface area (Å²) in [5, 5.41) is 22.5. The summed E-state index contributed by atoms with van der Waals surface area (Å²) in [5.41, 5.74) is 2.00. The summed E-state index contributed by atoms with van der Waals surface area (Å²) in [6.07, 6.45) is 1.62. The van der Waals surface area contributed by atoms with Crippen molar-refractivity contribution < 1.29 is 10.2 Å². The van der Waals surface area contributed by atoms with Gasteiger partial charge in [0.25, 0.3) is 0 Å². The predicted molar refractivity (Wildman–Crippen MR) is 76.0 cm³/mol. The number of aromatic nitrogens is 1. The van der Waals surface area contributed by atoms with Crippen molar-refractivity contribution in [3.63, 3.8) is 0 Å². The molecular weight excluding hydrogens is 242 g/mol. The quantitative estimate of drug-likeness (QED) is 0.644. The number of likely N-dealkylation sites (N-methyl/N-ethyl adjacent to an activating group) is 1. The van der Waals surface area contributed by atoms with Crippen LogP contribution in [-0.4, -0.2) is 46.3 Å². The summed E-state index contributed by atoms with van der Waals surface area (Å²) in [7, 11) is 2.08. The third kappa shape index (κ3) is 4.45. The Morgan fingerprint density at radius 1 is 1.42 bits per heavy atom. The van der Waals surface area contributed by atoms with Gasteiger partial charge < -0.3 is 20.4 Å². The molecule has 19 heavy (non-hydrogen) atoms. The van der Waals surface area contributed by atoms with Crippen LogP contribution < -0.4 is 5.32 Å². The van der Waals surface area contributed by atoms with E-state index in [0.717, 1.165) is 18.7 Å². The first-order valence-electron chi connectivity index (χ1n) is 6.65. The molecular formula is C14H25N3O2. The molecule has 0 unspecified atom stereocenters. The van der Waals surface area contributed by atoms with E-state index in [9.17, 15) is 10.2 Å². The fraction of sp³-hybridized carbons (Fsp3) is 0.643. The minimum atomic E-state index is -0.107. The number of aliphatic hydroxyl groups excluding tert-OH is 1. The minimum absolute atomic E-state index is 0.107. The zero-order valence-electron chi connectivity index (χ0n) is 12.3. The lowest BCUT2D eigenvalue weighted by molar-refractivity contribution is 0.271. The summed E-state index contributed by atoms with van der Waals surface area (Å²) < 4.78 is 0. The van der Waals surface area contributed by atoms with E-state index >= 15 is 0 Å². The molecule has 1 rings (SSSR count). The Morgan fingerprint density at radius 2 is 2.11 bits per heavy atom. The Hall–Kier alpha value is -1.17. The molecule has 0 radical (unpaired) electrons. The van der Waals surface area contributed by atoms with E-state index in [4.69, 9.17) is 0 Å². The van der Waals surface area contributed by atoms with Crippen LogP contribution in [0.3, 0.4) is 0 Å². The van der Waals surface area contributed by atoms with Crippen molar-refractivity contribution in [2.75, 3.05) is 20.1 Å². The maximum atomic E-state index is 9.98. The van der Waals surface area contributed by atoms with Gasteiger partial charge >= 0.3 is 0 Å². The van der Waals surface area contributed by atoms with Gasteiger partial charge in [-0.3, -0.25) is 4.98 Å². The first-order chi connectivity index (χ1) is 8.97. The first-order valence-corrected chi connectivity index (χ1v) is 6.65. The molecule has 0 saturated heterocycles. The van der Waals surface area contributed by atoms with Gasteiger partial charge in [0, 0.05) is 43.0 Å². The summed E-state index contributed by atoms with van der Waals surface area (Å²) in [6.45, 7) is 8.27. The summed E-state index contributed by atoms with van der Waals surface area (Å²) >= 11 is 0. The highest BCUT2D eigenvalue weighted by molar-refractivity contribution is 5.40. The second-order valence-electron chi connectivity index (χ2n) is 5.11. The molecule has 108 valence electrons. The van der Waals surface area contributed by atoms with E-state index in [1.54, 1.807) is 13.1 Å². The Labute approximate surface area is 115 Å². The Morgan fingerprint density at radius 3 is 2.68 bits per heavy atom. The summed E-state index contributed by atoms with van der Waals surface area (Å²) in [4.78, 5) is 6.29. The molecule has 5 heteroatoms. The van der Waals surface area contributed by atoms with Crippen molar-refractivity contribution in [3.8, 4) is 5.75 Å². The average Bonchev–Trinajstić information content (AvgIpc) is 2.38. The highest BCUT2D eigenvalue weighted by Gasteiger charge is 2.11. The molecule has 0 amide bonds. The fourth-order valence-corrected chi connectivity index (χ4v) is 1.74. The normalized spacial score (nSPS) is 11.5. The molecule has 3 N–H and O–H groups in total. The molecule has 0 aliphatic rings. The van der Waals surface area contributed by atoms with Crippen molar-refractivity contribution in [1.29, 1.82) is 0 Å². The van der Waals surface area contributed by atoms with Crippen LogP contribution in [0.1, 0.15) is 30.7 Å². The zero-order valence-corrected chi connectivity index (χ0v) is 12.3. The summed E-state index contributed by atoms with van der Waals surface area (Å²) in [6, 6.07) is 0.520. The van der Waals surface area contributed by atoms with Gasteiger partial charge in [-0.05, 0) is 27.8 Å². The van der Waals surface area contributed by atoms with Crippen LogP contribution in [0.25, 0.3) is 0 Å². The van der Waals surface area contributed by atoms with Crippen molar-refractivity contribution in [2.24, 2.45) is 0 Å². The smallest absolute Gasteiger partial charge is 0.141 e. The molecule has 0 spiro atoms. The van der Waals surface area contributed by atoms with Crippen LogP contribution >= 0.6 is 0 Å². The second-order valence-corrected chi connectivity index (χ2v) is 5.11. The molecule has 0 fully saturated rings. The Balaban J connectivity index is 2.55. The van der Waals surface area contributed by atoms with Crippen LogP contribution in [0.15, 0.2) is 6.20 Å². The fourth-order valence-electron chi connectivity index (χ4n) is 1.74. The lowest BCUT2D eigenvalue weighted by atomic mass is 10.1. The molecule has 0 aromatic carbocycles. The predicted octanol–water partition coefficient (Wildman–Crippen LogP) is 1.02. The van der Waals surface area contributed by atoms with E-state index < -0.39 is 0 Å². The molecule has 0 aliphatic carbocycles. The molecule has 1 heterocycles. The number of nitrogens with zero attached hydrogens (tertiary/aromatic N) is 2. The topological polar surface area (TPSA) is 68.6 Å². The van der Waals surface area contributed by atoms with Gasteiger partial charge in [-0.15, -0.1) is 0 Å². The average molecular weight is 267 g/mol. The van der Waals surface area contributed by atoms with Crippen molar-refractivity contribution in [2.45, 2.75) is 40.0 Å². The van der Waals surface area contributed by atoms with Crippen LogP contribution in [0.4, 0.5) is 0 Å². The molecule has 0 aliphatic heterocycles. The number of aromatic hydroxyl groups is 1. The third-order valence-electron chi connectivity index (χ3n) is 3.43. The van der Waals surface area contributed by atoms with Crippen molar-refractivity contribution in [3.05, 3.63) is 23.0 Å². The number of aryl methyl sites for hydroxylation is 1. The number of aliphatic hydroxyl groups is 1. The number of pyridine rings is 1. The van der Waals surface area contributed by atoms with E-state index in [1.165, 1.54) is 0 Å². The number of rotatable bonds is 7. The highest BCUT2D eigenvalue weighted by atomic mass is 16.3. The number of hydrogen-bond acceptors (Lipinski definition) is 5. The summed E-state index contributed by atoms with van der Waals surface area (Å²) in [5.74, 6) is 0.177. The van der Waals surface area contributed by atoms with Crippen LogP contribution in [0.5, 0.6) is 5.75 Å².